The van der Waals surface area contributed by atoms with Crippen LogP contribution in [0.3, 0.4) is 0 Å². The second-order valence-electron chi connectivity index (χ2n) is 11.2. The maximum Gasteiger partial charge on any atom is 0.514 e. The lowest BCUT2D eigenvalue weighted by molar-refractivity contribution is 0.120. The van der Waals surface area contributed by atoms with E-state index in [1.807, 2.05) is 21.6 Å². The van der Waals surface area contributed by atoms with Crippen molar-refractivity contribution >= 4 is 88.3 Å². The highest BCUT2D eigenvalue weighted by atomic mass is 33.9. The zero-order valence-corrected chi connectivity index (χ0v) is 37.3. The number of hydrogen-bond acceptors (Lipinski definition) is 13. The van der Waals surface area contributed by atoms with Crippen LogP contribution in [-0.4, -0.2) is 70.0 Å². The molecule has 0 aliphatic rings. The van der Waals surface area contributed by atoms with E-state index in [2.05, 4.69) is 13.8 Å². The summed E-state index contributed by atoms with van der Waals surface area (Å²) in [5.74, 6) is 0. The summed E-state index contributed by atoms with van der Waals surface area (Å²) in [6, 6.07) is 0. The zero-order valence-electron chi connectivity index (χ0n) is 29.6. The van der Waals surface area contributed by atoms with E-state index in [9.17, 15) is 0 Å². The molecule has 0 saturated carbocycles. The molecule has 0 aromatic rings. The van der Waals surface area contributed by atoms with Gasteiger partial charge in [-0.3, -0.25) is 0 Å². The van der Waals surface area contributed by atoms with Gasteiger partial charge in [-0.25, -0.2) is 0 Å². The number of unbranched alkanes of at least 4 members (excludes halogenated alkanes) is 16. The minimum Gasteiger partial charge on any atom is -0.376 e. The van der Waals surface area contributed by atoms with Crippen molar-refractivity contribution in [3.05, 3.63) is 0 Å². The van der Waals surface area contributed by atoms with Crippen molar-refractivity contribution in [1.82, 2.24) is 0 Å². The van der Waals surface area contributed by atoms with Gasteiger partial charge in [0, 0.05) is 42.7 Å². The minimum atomic E-state index is -2.72. The first-order chi connectivity index (χ1) is 22.0. The van der Waals surface area contributed by atoms with Crippen LogP contribution in [-0.2, 0) is 26.6 Å². The molecule has 0 amide bonds. The summed E-state index contributed by atoms with van der Waals surface area (Å²) in [7, 11) is 17.6. The van der Waals surface area contributed by atoms with E-state index in [1.165, 1.54) is 116 Å². The van der Waals surface area contributed by atoms with Crippen LogP contribution in [0.15, 0.2) is 0 Å². The maximum atomic E-state index is 5.89. The van der Waals surface area contributed by atoms with Crippen LogP contribution in [0.4, 0.5) is 0 Å². The van der Waals surface area contributed by atoms with Gasteiger partial charge < -0.3 is 26.6 Å². The summed E-state index contributed by atoms with van der Waals surface area (Å²) in [6.07, 6.45) is 26.0. The van der Waals surface area contributed by atoms with Gasteiger partial charge in [0.25, 0.3) is 0 Å². The Kier molecular flexibility index (Phi) is 35.8. The molecule has 0 rings (SSSR count). The van der Waals surface area contributed by atoms with Gasteiger partial charge in [0.1, 0.15) is 0 Å². The molecule has 2 atom stereocenters. The van der Waals surface area contributed by atoms with Crippen LogP contribution in [0, 0.1) is 0 Å². The van der Waals surface area contributed by atoms with Crippen molar-refractivity contribution in [2.45, 2.75) is 152 Å². The lowest BCUT2D eigenvalue weighted by atomic mass is 10.1. The van der Waals surface area contributed by atoms with Crippen molar-refractivity contribution < 1.29 is 26.6 Å². The van der Waals surface area contributed by atoms with Gasteiger partial charge in [0.2, 0.25) is 0 Å². The third-order valence-electron chi connectivity index (χ3n) is 8.06. The molecule has 0 saturated heterocycles. The van der Waals surface area contributed by atoms with Crippen LogP contribution in [0.1, 0.15) is 142 Å². The number of rotatable bonds is 36. The minimum absolute atomic E-state index is 0.213. The van der Waals surface area contributed by atoms with Gasteiger partial charge in [-0.2, -0.15) is 0 Å². The predicted octanol–water partition coefficient (Wildman–Crippen LogP) is 13.0. The first-order valence-electron chi connectivity index (χ1n) is 17.0. The van der Waals surface area contributed by atoms with E-state index in [0.29, 0.717) is 0 Å². The van der Waals surface area contributed by atoms with Crippen molar-refractivity contribution in [3.63, 3.8) is 0 Å². The predicted molar refractivity (Wildman–Crippen MR) is 218 cm³/mol. The van der Waals surface area contributed by atoms with E-state index in [1.54, 1.807) is 91.8 Å². The fourth-order valence-corrected chi connectivity index (χ4v) is 30.3. The van der Waals surface area contributed by atoms with Crippen molar-refractivity contribution in [2.24, 2.45) is 0 Å². The van der Waals surface area contributed by atoms with Gasteiger partial charge in [-0.1, -0.05) is 151 Å². The van der Waals surface area contributed by atoms with Gasteiger partial charge in [0.15, 0.2) is 0 Å². The van der Waals surface area contributed by atoms with E-state index < -0.39 is 17.6 Å². The summed E-state index contributed by atoms with van der Waals surface area (Å²) >= 11 is 0. The van der Waals surface area contributed by atoms with Crippen LogP contribution >= 0.6 is 70.7 Å². The van der Waals surface area contributed by atoms with Crippen LogP contribution in [0.25, 0.3) is 0 Å². The molecule has 0 spiro atoms. The van der Waals surface area contributed by atoms with Crippen molar-refractivity contribution in [3.8, 4) is 0 Å². The van der Waals surface area contributed by atoms with Crippen LogP contribution in [0.5, 0.6) is 0 Å². The molecule has 2 unspecified atom stereocenters. The normalized spacial score (nSPS) is 13.9. The van der Waals surface area contributed by atoms with Crippen molar-refractivity contribution in [1.29, 1.82) is 0 Å². The lowest BCUT2D eigenvalue weighted by Gasteiger charge is -2.31. The summed E-state index contributed by atoms with van der Waals surface area (Å²) in [5, 5.41) is 0. The van der Waals surface area contributed by atoms with Crippen LogP contribution < -0.4 is 0 Å². The first-order valence-corrected chi connectivity index (χ1v) is 29.5. The molecule has 0 radical (unpaired) electrons. The molecule has 0 N–H and O–H groups in total. The molecule has 0 fully saturated rings. The summed E-state index contributed by atoms with van der Waals surface area (Å²) in [4.78, 5) is 0.425. The highest BCUT2D eigenvalue weighted by Crippen LogP contribution is 2.58. The highest BCUT2D eigenvalue weighted by Gasteiger charge is 2.48. The molecule has 272 valence electrons. The summed E-state index contributed by atoms with van der Waals surface area (Å²) in [6.45, 7) is 4.55. The molecule has 0 aliphatic heterocycles. The third-order valence-corrected chi connectivity index (χ3v) is 30.4. The standard InChI is InChI=1S/C30H66O6S7Si2/c1-9-11-13-15-17-19-21-23-25-27-29(44(31-3,32-4)33-5)37-39-41-43-42-40-38-30(45(34-6,35-7)36-8)28-26-24-22-20-18-16-14-12-10-2/h29-30H,9-28H2,1-8H3. The maximum absolute atomic E-state index is 5.89. The first kappa shape index (κ1) is 47.6. The molecule has 0 bridgehead atoms. The molecular weight excluding hydrogens is 737 g/mol. The summed E-state index contributed by atoms with van der Waals surface area (Å²) < 4.78 is 35.3. The Morgan fingerprint density at radius 2 is 0.600 bits per heavy atom. The smallest absolute Gasteiger partial charge is 0.376 e. The SMILES string of the molecule is CCCCCCCCCCCC(SSSSSSSC(CCCCCCCCCCC)[Si](OC)(OC)OC)[Si](OC)(OC)OC. The van der Waals surface area contributed by atoms with Crippen LogP contribution in [0.2, 0.25) is 0 Å². The largest absolute Gasteiger partial charge is 0.514 e. The Hall–Kier alpha value is 2.64. The molecule has 15 heteroatoms. The third kappa shape index (κ3) is 22.2. The molecule has 0 aromatic heterocycles. The highest BCUT2D eigenvalue weighted by molar-refractivity contribution is 9.46. The van der Waals surface area contributed by atoms with E-state index in [4.69, 9.17) is 26.6 Å². The fraction of sp³-hybridized carbons (Fsp3) is 1.00. The average Bonchev–Trinajstić information content (AvgIpc) is 3.07. The van der Waals surface area contributed by atoms with E-state index >= 15 is 0 Å². The summed E-state index contributed by atoms with van der Waals surface area (Å²) in [5.41, 5.74) is 0. The topological polar surface area (TPSA) is 55.4 Å². The monoisotopic (exact) mass is 802 g/mol. The molecule has 0 aromatic carbocycles. The molecule has 6 nitrogen and oxygen atoms in total. The second-order valence-corrected chi connectivity index (χ2v) is 29.8. The Bertz CT molecular complexity index is 563. The molecule has 0 aliphatic carbocycles. The van der Waals surface area contributed by atoms with Gasteiger partial charge in [-0.05, 0) is 62.0 Å². The molecular formula is C30H66O6S7Si2. The van der Waals surface area contributed by atoms with Gasteiger partial charge >= 0.3 is 17.6 Å². The van der Waals surface area contributed by atoms with Gasteiger partial charge in [0.05, 0.1) is 9.75 Å². The zero-order chi connectivity index (χ0) is 33.5. The van der Waals surface area contributed by atoms with Crippen molar-refractivity contribution in [2.75, 3.05) is 42.7 Å². The Labute approximate surface area is 307 Å². The fourth-order valence-electron chi connectivity index (χ4n) is 5.30. The van der Waals surface area contributed by atoms with E-state index in [-0.39, 0.29) is 9.75 Å². The Balaban J connectivity index is 4.57. The molecule has 0 heterocycles. The molecule has 45 heavy (non-hydrogen) atoms. The Morgan fingerprint density at radius 3 is 0.867 bits per heavy atom. The van der Waals surface area contributed by atoms with Gasteiger partial charge in [-0.15, -0.1) is 0 Å². The Morgan fingerprint density at radius 1 is 0.356 bits per heavy atom. The average molecular weight is 803 g/mol. The lowest BCUT2D eigenvalue weighted by Crippen LogP contribution is -2.52. The van der Waals surface area contributed by atoms with E-state index in [0.717, 1.165) is 12.8 Å². The second kappa shape index (κ2) is 33.8. The quantitative estimate of drug-likeness (QED) is 0.0343. The number of hydrogen-bond donors (Lipinski definition) is 0.